The number of ether oxygens (including phenoxy) is 1. The molecule has 0 saturated carbocycles. The Morgan fingerprint density at radius 3 is 2.44 bits per heavy atom. The third kappa shape index (κ3) is 5.52. The Labute approximate surface area is 110 Å². The Morgan fingerprint density at radius 1 is 1.22 bits per heavy atom. The molecule has 3 heteroatoms. The summed E-state index contributed by atoms with van der Waals surface area (Å²) in [4.78, 5) is 2.18. The van der Waals surface area contributed by atoms with Crippen molar-refractivity contribution < 1.29 is 9.84 Å². The van der Waals surface area contributed by atoms with Crippen LogP contribution in [-0.2, 0) is 4.74 Å². The van der Waals surface area contributed by atoms with Gasteiger partial charge in [-0.1, -0.05) is 25.1 Å². The van der Waals surface area contributed by atoms with Gasteiger partial charge in [0.1, 0.15) is 0 Å². The number of benzene rings is 1. The predicted octanol–water partition coefficient (Wildman–Crippen LogP) is 2.69. The highest BCUT2D eigenvalue weighted by Crippen LogP contribution is 2.14. The maximum atomic E-state index is 9.82. The molecular weight excluding hydrogens is 226 g/mol. The summed E-state index contributed by atoms with van der Waals surface area (Å²) in [6, 6.07) is 10.2. The molecule has 0 aromatic heterocycles. The Kier molecular flexibility index (Phi) is 6.76. The largest absolute Gasteiger partial charge is 0.391 e. The van der Waals surface area contributed by atoms with E-state index in [9.17, 15) is 5.11 Å². The van der Waals surface area contributed by atoms with Crippen molar-refractivity contribution in [1.29, 1.82) is 0 Å². The van der Waals surface area contributed by atoms with E-state index in [1.54, 1.807) is 0 Å². The maximum Gasteiger partial charge on any atom is 0.0712 e. The summed E-state index contributed by atoms with van der Waals surface area (Å²) in [6.45, 7) is 8.21. The van der Waals surface area contributed by atoms with Crippen molar-refractivity contribution in [3.63, 3.8) is 0 Å². The highest BCUT2D eigenvalue weighted by atomic mass is 16.5. The average Bonchev–Trinajstić information content (AvgIpc) is 2.38. The second-order valence-corrected chi connectivity index (χ2v) is 4.76. The number of hydrogen-bond acceptors (Lipinski definition) is 3. The monoisotopic (exact) mass is 251 g/mol. The number of aliphatic hydroxyl groups is 1. The van der Waals surface area contributed by atoms with Gasteiger partial charge in [0.25, 0.3) is 0 Å². The molecule has 0 saturated heterocycles. The molecule has 1 unspecified atom stereocenters. The predicted molar refractivity (Wildman–Crippen MR) is 76.0 cm³/mol. The van der Waals surface area contributed by atoms with E-state index in [-0.39, 0.29) is 12.2 Å². The minimum Gasteiger partial charge on any atom is -0.391 e. The molecule has 0 fully saturated rings. The zero-order valence-electron chi connectivity index (χ0n) is 11.7. The number of anilines is 1. The van der Waals surface area contributed by atoms with Crippen LogP contribution in [-0.4, -0.2) is 37.0 Å². The second kappa shape index (κ2) is 8.11. The van der Waals surface area contributed by atoms with Crippen molar-refractivity contribution in [2.75, 3.05) is 24.6 Å². The zero-order valence-corrected chi connectivity index (χ0v) is 11.7. The van der Waals surface area contributed by atoms with Crippen LogP contribution in [0.5, 0.6) is 0 Å². The Hall–Kier alpha value is -1.06. The summed E-state index contributed by atoms with van der Waals surface area (Å²) < 4.78 is 5.59. The summed E-state index contributed by atoms with van der Waals surface area (Å²) in [7, 11) is 0. The molecule has 0 bridgehead atoms. The van der Waals surface area contributed by atoms with Gasteiger partial charge in [-0.15, -0.1) is 0 Å². The first-order valence-electron chi connectivity index (χ1n) is 6.73. The topological polar surface area (TPSA) is 32.7 Å². The quantitative estimate of drug-likeness (QED) is 0.771. The normalized spacial score (nSPS) is 12.7. The summed E-state index contributed by atoms with van der Waals surface area (Å²) >= 11 is 0. The molecule has 1 aromatic rings. The van der Waals surface area contributed by atoms with Gasteiger partial charge in [0.05, 0.1) is 18.8 Å². The Balaban J connectivity index is 2.58. The molecule has 0 aliphatic heterocycles. The molecule has 0 aliphatic rings. The van der Waals surface area contributed by atoms with E-state index in [1.807, 2.05) is 39.0 Å². The van der Waals surface area contributed by atoms with E-state index in [1.165, 1.54) is 0 Å². The maximum absolute atomic E-state index is 9.82. The Bertz CT molecular complexity index is 314. The van der Waals surface area contributed by atoms with E-state index in [2.05, 4.69) is 17.0 Å². The summed E-state index contributed by atoms with van der Waals surface area (Å²) in [6.07, 6.45) is 0.733. The van der Waals surface area contributed by atoms with Crippen molar-refractivity contribution in [3.8, 4) is 0 Å². The first kappa shape index (κ1) is 15.0. The zero-order chi connectivity index (χ0) is 13.4. The lowest BCUT2D eigenvalue weighted by Gasteiger charge is -2.27. The average molecular weight is 251 g/mol. The molecule has 3 nitrogen and oxygen atoms in total. The van der Waals surface area contributed by atoms with Gasteiger partial charge in [-0.25, -0.2) is 0 Å². The van der Waals surface area contributed by atoms with Crippen molar-refractivity contribution in [2.24, 2.45) is 0 Å². The van der Waals surface area contributed by atoms with Gasteiger partial charge in [-0.2, -0.15) is 0 Å². The molecule has 0 radical (unpaired) electrons. The minimum absolute atomic E-state index is 0.249. The van der Waals surface area contributed by atoms with Gasteiger partial charge >= 0.3 is 0 Å². The van der Waals surface area contributed by atoms with Crippen LogP contribution in [0.2, 0.25) is 0 Å². The summed E-state index contributed by atoms with van der Waals surface area (Å²) in [5.41, 5.74) is 1.14. The van der Waals surface area contributed by atoms with Crippen LogP contribution in [0.1, 0.15) is 27.2 Å². The first-order valence-corrected chi connectivity index (χ1v) is 6.73. The molecule has 1 rings (SSSR count). The van der Waals surface area contributed by atoms with Crippen molar-refractivity contribution >= 4 is 5.69 Å². The molecule has 0 spiro atoms. The molecule has 0 amide bonds. The van der Waals surface area contributed by atoms with Crippen LogP contribution in [0.25, 0.3) is 0 Å². The molecule has 1 atom stereocenters. The molecule has 0 aliphatic carbocycles. The van der Waals surface area contributed by atoms with E-state index in [0.717, 1.165) is 18.7 Å². The lowest BCUT2D eigenvalue weighted by Crippen LogP contribution is -2.35. The van der Waals surface area contributed by atoms with Gasteiger partial charge in [0, 0.05) is 18.8 Å². The highest BCUT2D eigenvalue weighted by molar-refractivity contribution is 5.46. The van der Waals surface area contributed by atoms with Gasteiger partial charge in [-0.3, -0.25) is 0 Å². The smallest absolute Gasteiger partial charge is 0.0712 e. The lowest BCUT2D eigenvalue weighted by molar-refractivity contribution is 0.0823. The molecule has 102 valence electrons. The second-order valence-electron chi connectivity index (χ2n) is 4.76. The molecule has 1 N–H and O–H groups in total. The Morgan fingerprint density at radius 2 is 1.89 bits per heavy atom. The number of hydrogen-bond donors (Lipinski definition) is 1. The van der Waals surface area contributed by atoms with E-state index in [4.69, 9.17) is 4.74 Å². The van der Waals surface area contributed by atoms with Crippen LogP contribution in [0.15, 0.2) is 30.3 Å². The SMILES string of the molecule is CCC(O)CN(CCOC(C)C)c1ccccc1. The van der Waals surface area contributed by atoms with Crippen LogP contribution in [0, 0.1) is 0 Å². The number of para-hydroxylation sites is 1. The van der Waals surface area contributed by atoms with Gasteiger partial charge in [-0.05, 0) is 32.4 Å². The molecule has 1 aromatic carbocycles. The van der Waals surface area contributed by atoms with Crippen molar-refractivity contribution in [2.45, 2.75) is 39.4 Å². The van der Waals surface area contributed by atoms with Gasteiger partial charge < -0.3 is 14.7 Å². The van der Waals surface area contributed by atoms with Crippen molar-refractivity contribution in [1.82, 2.24) is 0 Å². The fourth-order valence-electron chi connectivity index (χ4n) is 1.75. The van der Waals surface area contributed by atoms with E-state index in [0.29, 0.717) is 13.2 Å². The fraction of sp³-hybridized carbons (Fsp3) is 0.600. The van der Waals surface area contributed by atoms with E-state index < -0.39 is 0 Å². The molecular formula is C15H25NO2. The highest BCUT2D eigenvalue weighted by Gasteiger charge is 2.11. The summed E-state index contributed by atoms with van der Waals surface area (Å²) in [5, 5.41) is 9.82. The third-order valence-corrected chi connectivity index (χ3v) is 2.84. The van der Waals surface area contributed by atoms with Crippen LogP contribution >= 0.6 is 0 Å². The minimum atomic E-state index is -0.288. The molecule has 0 heterocycles. The van der Waals surface area contributed by atoms with Crippen LogP contribution in [0.4, 0.5) is 5.69 Å². The standard InChI is InChI=1S/C15H25NO2/c1-4-15(17)12-16(10-11-18-13(2)3)14-8-6-5-7-9-14/h5-9,13,15,17H,4,10-12H2,1-3H3. The van der Waals surface area contributed by atoms with Gasteiger partial charge in [0.2, 0.25) is 0 Å². The number of rotatable bonds is 8. The van der Waals surface area contributed by atoms with Crippen LogP contribution < -0.4 is 4.90 Å². The lowest BCUT2D eigenvalue weighted by atomic mass is 10.2. The summed E-state index contributed by atoms with van der Waals surface area (Å²) in [5.74, 6) is 0. The fourth-order valence-corrected chi connectivity index (χ4v) is 1.75. The third-order valence-electron chi connectivity index (χ3n) is 2.84. The van der Waals surface area contributed by atoms with Crippen LogP contribution in [0.3, 0.4) is 0 Å². The van der Waals surface area contributed by atoms with Gasteiger partial charge in [0.15, 0.2) is 0 Å². The number of aliphatic hydroxyl groups excluding tert-OH is 1. The first-order chi connectivity index (χ1) is 8.63. The number of nitrogens with zero attached hydrogens (tertiary/aromatic N) is 1. The van der Waals surface area contributed by atoms with Crippen molar-refractivity contribution in [3.05, 3.63) is 30.3 Å². The molecule has 18 heavy (non-hydrogen) atoms. The van der Waals surface area contributed by atoms with E-state index >= 15 is 0 Å².